The third-order valence-electron chi connectivity index (χ3n) is 1.81. The SMILES string of the molecule is O=C(Nc1ccccc1C(F)(F)F)O/N=C(\Cl)CCl. The van der Waals surface area contributed by atoms with Crippen molar-refractivity contribution in [3.63, 3.8) is 0 Å². The monoisotopic (exact) mass is 314 g/mol. The van der Waals surface area contributed by atoms with E-state index < -0.39 is 23.5 Å². The average molecular weight is 315 g/mol. The Morgan fingerprint density at radius 2 is 2.00 bits per heavy atom. The molecule has 0 fully saturated rings. The van der Waals surface area contributed by atoms with Gasteiger partial charge in [-0.25, -0.2) is 4.79 Å². The van der Waals surface area contributed by atoms with E-state index in [0.717, 1.165) is 12.1 Å². The van der Waals surface area contributed by atoms with Gasteiger partial charge in [-0.05, 0) is 12.1 Å². The zero-order chi connectivity index (χ0) is 14.5. The van der Waals surface area contributed by atoms with Gasteiger partial charge in [-0.1, -0.05) is 28.9 Å². The van der Waals surface area contributed by atoms with E-state index in [1.165, 1.54) is 12.1 Å². The van der Waals surface area contributed by atoms with Crippen LogP contribution in [0.1, 0.15) is 5.56 Å². The maximum Gasteiger partial charge on any atom is 0.437 e. The maximum absolute atomic E-state index is 12.6. The van der Waals surface area contributed by atoms with Crippen LogP contribution in [-0.4, -0.2) is 17.1 Å². The summed E-state index contributed by atoms with van der Waals surface area (Å²) in [5.41, 5.74) is -1.45. The first-order valence-corrected chi connectivity index (χ1v) is 5.68. The number of halogens is 5. The number of rotatable bonds is 3. The van der Waals surface area contributed by atoms with Crippen molar-refractivity contribution in [1.82, 2.24) is 0 Å². The highest BCUT2D eigenvalue weighted by Gasteiger charge is 2.33. The second-order valence-electron chi connectivity index (χ2n) is 3.15. The van der Waals surface area contributed by atoms with Gasteiger partial charge in [0.2, 0.25) is 0 Å². The summed E-state index contributed by atoms with van der Waals surface area (Å²) in [6.07, 6.45) is -5.80. The summed E-state index contributed by atoms with van der Waals surface area (Å²) in [6, 6.07) is 4.43. The highest BCUT2D eigenvalue weighted by atomic mass is 35.5. The Morgan fingerprint density at radius 1 is 1.37 bits per heavy atom. The molecule has 0 radical (unpaired) electrons. The number of para-hydroxylation sites is 1. The molecule has 0 unspecified atom stereocenters. The molecular formula is C10H7Cl2F3N2O2. The first kappa shape index (κ1) is 15.6. The lowest BCUT2D eigenvalue weighted by molar-refractivity contribution is -0.136. The van der Waals surface area contributed by atoms with E-state index in [1.54, 1.807) is 0 Å². The summed E-state index contributed by atoms with van der Waals surface area (Å²) in [6.45, 7) is 0. The predicted molar refractivity (Wildman–Crippen MR) is 65.6 cm³/mol. The second kappa shape index (κ2) is 6.63. The fourth-order valence-electron chi connectivity index (χ4n) is 1.09. The van der Waals surface area contributed by atoms with Crippen LogP contribution in [0.4, 0.5) is 23.7 Å². The van der Waals surface area contributed by atoms with Crippen LogP contribution in [-0.2, 0) is 11.0 Å². The van der Waals surface area contributed by atoms with E-state index in [2.05, 4.69) is 9.99 Å². The summed E-state index contributed by atoms with van der Waals surface area (Å²) in [4.78, 5) is 15.4. The average Bonchev–Trinajstić information content (AvgIpc) is 2.35. The molecule has 104 valence electrons. The third-order valence-corrected chi connectivity index (χ3v) is 2.40. The van der Waals surface area contributed by atoms with Crippen LogP contribution >= 0.6 is 23.2 Å². The van der Waals surface area contributed by atoms with Gasteiger partial charge >= 0.3 is 12.3 Å². The Bertz CT molecular complexity index is 492. The number of carbonyl (C=O) groups excluding carboxylic acids is 1. The van der Waals surface area contributed by atoms with Gasteiger partial charge in [-0.3, -0.25) is 10.2 Å². The number of amides is 1. The molecule has 1 N–H and O–H groups in total. The predicted octanol–water partition coefficient (Wildman–Crippen LogP) is 4.05. The van der Waals surface area contributed by atoms with Crippen molar-refractivity contribution in [2.75, 3.05) is 11.2 Å². The molecule has 0 spiro atoms. The maximum atomic E-state index is 12.6. The molecule has 0 saturated heterocycles. The highest BCUT2D eigenvalue weighted by Crippen LogP contribution is 2.34. The van der Waals surface area contributed by atoms with E-state index in [-0.39, 0.29) is 11.1 Å². The van der Waals surface area contributed by atoms with Crippen LogP contribution in [0.5, 0.6) is 0 Å². The molecule has 4 nitrogen and oxygen atoms in total. The lowest BCUT2D eigenvalue weighted by Gasteiger charge is -2.12. The largest absolute Gasteiger partial charge is 0.437 e. The van der Waals surface area contributed by atoms with Crippen molar-refractivity contribution in [2.45, 2.75) is 6.18 Å². The van der Waals surface area contributed by atoms with Gasteiger partial charge < -0.3 is 0 Å². The van der Waals surface area contributed by atoms with Gasteiger partial charge in [-0.2, -0.15) is 13.2 Å². The Morgan fingerprint density at radius 3 is 2.58 bits per heavy atom. The molecule has 0 atom stereocenters. The van der Waals surface area contributed by atoms with Crippen molar-refractivity contribution >= 4 is 40.2 Å². The molecule has 0 aliphatic carbocycles. The number of hydrogen-bond acceptors (Lipinski definition) is 3. The molecule has 0 aromatic heterocycles. The number of hydrogen-bond donors (Lipinski definition) is 1. The summed E-state index contributed by atoms with van der Waals surface area (Å²) in [5, 5.41) is 4.79. The van der Waals surface area contributed by atoms with Crippen LogP contribution < -0.4 is 5.32 Å². The fourth-order valence-corrected chi connectivity index (χ4v) is 1.17. The minimum atomic E-state index is -4.60. The molecular weight excluding hydrogens is 308 g/mol. The third kappa shape index (κ3) is 4.96. The van der Waals surface area contributed by atoms with Gasteiger partial charge in [0.1, 0.15) is 0 Å². The number of benzene rings is 1. The smallest absolute Gasteiger partial charge is 0.297 e. The van der Waals surface area contributed by atoms with E-state index >= 15 is 0 Å². The van der Waals surface area contributed by atoms with Crippen LogP contribution in [0, 0.1) is 0 Å². The molecule has 0 saturated carbocycles. The first-order valence-electron chi connectivity index (χ1n) is 4.77. The first-order chi connectivity index (χ1) is 8.84. The van der Waals surface area contributed by atoms with Crippen LogP contribution in [0.25, 0.3) is 0 Å². The highest BCUT2D eigenvalue weighted by molar-refractivity contribution is 6.69. The molecule has 1 amide bonds. The lowest BCUT2D eigenvalue weighted by atomic mass is 10.2. The minimum Gasteiger partial charge on any atom is -0.297 e. The fraction of sp³-hybridized carbons (Fsp3) is 0.200. The molecule has 19 heavy (non-hydrogen) atoms. The molecule has 0 bridgehead atoms. The lowest BCUT2D eigenvalue weighted by Crippen LogP contribution is -2.16. The van der Waals surface area contributed by atoms with Gasteiger partial charge in [0, 0.05) is 0 Å². The minimum absolute atomic E-state index is 0.187. The topological polar surface area (TPSA) is 50.7 Å². The Balaban J connectivity index is 2.80. The number of nitrogens with zero attached hydrogens (tertiary/aromatic N) is 1. The normalized spacial score (nSPS) is 12.2. The standard InChI is InChI=1S/C10H7Cl2F3N2O2/c11-5-8(12)17-19-9(18)16-7-4-2-1-3-6(7)10(13,14)15/h1-4H,5H2,(H,16,18)/b17-8-. The number of anilines is 1. The Labute approximate surface area is 116 Å². The molecule has 1 rings (SSSR count). The van der Waals surface area contributed by atoms with E-state index in [9.17, 15) is 18.0 Å². The summed E-state index contributed by atoms with van der Waals surface area (Å²) in [5.74, 6) is -0.187. The van der Waals surface area contributed by atoms with Crippen molar-refractivity contribution < 1.29 is 22.8 Å². The number of oxime groups is 1. The van der Waals surface area contributed by atoms with Crippen molar-refractivity contribution in [3.05, 3.63) is 29.8 Å². The Kier molecular flexibility index (Phi) is 5.44. The van der Waals surface area contributed by atoms with Gasteiger partial charge in [0.05, 0.1) is 17.1 Å². The summed E-state index contributed by atoms with van der Waals surface area (Å²) in [7, 11) is 0. The van der Waals surface area contributed by atoms with E-state index in [1.807, 2.05) is 5.32 Å². The quantitative estimate of drug-likeness (QED) is 0.396. The summed E-state index contributed by atoms with van der Waals surface area (Å²) >= 11 is 10.6. The molecule has 0 aliphatic heterocycles. The van der Waals surface area contributed by atoms with Crippen molar-refractivity contribution in [3.8, 4) is 0 Å². The summed E-state index contributed by atoms with van der Waals surface area (Å²) < 4.78 is 37.8. The van der Waals surface area contributed by atoms with Crippen LogP contribution in [0.3, 0.4) is 0 Å². The van der Waals surface area contributed by atoms with Gasteiger partial charge in [-0.15, -0.1) is 11.6 Å². The zero-order valence-electron chi connectivity index (χ0n) is 9.17. The Hall–Kier alpha value is -1.47. The molecule has 1 aromatic carbocycles. The molecule has 9 heteroatoms. The molecule has 1 aromatic rings. The van der Waals surface area contributed by atoms with Gasteiger partial charge in [0.15, 0.2) is 5.17 Å². The molecule has 0 aliphatic rings. The van der Waals surface area contributed by atoms with Gasteiger partial charge in [0.25, 0.3) is 0 Å². The number of alkyl halides is 4. The zero-order valence-corrected chi connectivity index (χ0v) is 10.7. The number of nitrogens with one attached hydrogen (secondary N) is 1. The molecule has 0 heterocycles. The van der Waals surface area contributed by atoms with E-state index in [4.69, 9.17) is 23.2 Å². The number of carbonyl (C=O) groups is 1. The van der Waals surface area contributed by atoms with Crippen molar-refractivity contribution in [1.29, 1.82) is 0 Å². The van der Waals surface area contributed by atoms with Crippen LogP contribution in [0.2, 0.25) is 0 Å². The second-order valence-corrected chi connectivity index (χ2v) is 3.85. The van der Waals surface area contributed by atoms with Crippen molar-refractivity contribution in [2.24, 2.45) is 5.16 Å². The van der Waals surface area contributed by atoms with E-state index in [0.29, 0.717) is 0 Å². The van der Waals surface area contributed by atoms with Crippen LogP contribution in [0.15, 0.2) is 29.4 Å².